The number of carboxylic acid groups (broad SMARTS) is 1. The molecule has 0 saturated carbocycles. The Labute approximate surface area is 307 Å². The van der Waals surface area contributed by atoms with Crippen molar-refractivity contribution >= 4 is 74.9 Å². The lowest BCUT2D eigenvalue weighted by Gasteiger charge is -2.28. The second-order valence-corrected chi connectivity index (χ2v) is 14.9. The first-order valence-corrected chi connectivity index (χ1v) is 19.0. The van der Waals surface area contributed by atoms with Crippen LogP contribution in [-0.2, 0) is 38.4 Å². The van der Waals surface area contributed by atoms with Crippen LogP contribution in [0.15, 0.2) is 4.99 Å². The van der Waals surface area contributed by atoms with E-state index >= 15 is 0 Å². The lowest BCUT2D eigenvalue weighted by Crippen LogP contribution is -2.59. The van der Waals surface area contributed by atoms with E-state index in [0.717, 1.165) is 21.6 Å². The molecular formula is C29H49N11O10S2. The number of amides is 7. The number of aliphatic hydroxyl groups is 1. The van der Waals surface area contributed by atoms with Gasteiger partial charge in [0.1, 0.15) is 30.2 Å². The van der Waals surface area contributed by atoms with E-state index in [2.05, 4.69) is 36.9 Å². The summed E-state index contributed by atoms with van der Waals surface area (Å²) >= 11 is 0. The smallest absolute Gasteiger partial charge is 0.327 e. The van der Waals surface area contributed by atoms with Crippen LogP contribution in [0.3, 0.4) is 0 Å². The highest BCUT2D eigenvalue weighted by Gasteiger charge is 2.38. The quantitative estimate of drug-likeness (QED) is 0.0498. The van der Waals surface area contributed by atoms with E-state index in [0.29, 0.717) is 12.8 Å². The highest BCUT2D eigenvalue weighted by atomic mass is 33.1. The van der Waals surface area contributed by atoms with Gasteiger partial charge >= 0.3 is 5.97 Å². The molecule has 21 nitrogen and oxygen atoms in total. The van der Waals surface area contributed by atoms with Crippen LogP contribution in [0, 0.1) is 5.92 Å². The predicted octanol–water partition coefficient (Wildman–Crippen LogP) is -5.34. The van der Waals surface area contributed by atoms with Crippen molar-refractivity contribution in [2.75, 3.05) is 44.3 Å². The molecule has 0 aromatic heterocycles. The Morgan fingerprint density at radius 1 is 0.885 bits per heavy atom. The molecule has 2 fully saturated rings. The number of rotatable bonds is 7. The average molecular weight is 776 g/mol. The third-order valence-electron chi connectivity index (χ3n) is 7.86. The van der Waals surface area contributed by atoms with Gasteiger partial charge in [-0.2, -0.15) is 0 Å². The van der Waals surface area contributed by atoms with Crippen molar-refractivity contribution in [3.8, 4) is 0 Å². The summed E-state index contributed by atoms with van der Waals surface area (Å²) in [7, 11) is 2.12. The molecular weight excluding hydrogens is 727 g/mol. The minimum absolute atomic E-state index is 0.0332. The normalized spacial score (nSPS) is 26.9. The number of aliphatic carboxylic acids is 1. The van der Waals surface area contributed by atoms with Gasteiger partial charge in [0.15, 0.2) is 5.96 Å². The summed E-state index contributed by atoms with van der Waals surface area (Å²) in [5, 5.41) is 33.8. The molecule has 0 aromatic carbocycles. The number of aliphatic imine (C=N–C) groups is 1. The van der Waals surface area contributed by atoms with E-state index in [1.807, 2.05) is 0 Å². The molecule has 2 aliphatic heterocycles. The maximum Gasteiger partial charge on any atom is 0.327 e. The standard InChI is InChI=1S/C29H49N11O10S2/c1-14(2)22-26(47)38-18(28(49)50)13-52-51-12-15(30)27(48)40-8-4-6-19(40)25(46)37-16(5-3-7-33-29(31)32)23(44)35-9-20(42)34-10-21(43)36-17(11-41)24(45)39-22/h14-19,22,41H,3-13,30H2,1-2H3,(H,34,42)(H,35,44)(H,36,43)(H,37,46)(H,38,47)(H,39,45)(H,49,50)(H4,31,32,33)/t15-,16-,17-,18?,19-,22?/m0/s1. The van der Waals surface area contributed by atoms with Gasteiger partial charge in [-0.15, -0.1) is 0 Å². The van der Waals surface area contributed by atoms with Gasteiger partial charge in [-0.25, -0.2) is 4.79 Å². The number of guanidine groups is 1. The zero-order valence-corrected chi connectivity index (χ0v) is 30.6. The minimum atomic E-state index is -1.54. The fraction of sp³-hybridized carbons (Fsp3) is 0.690. The second kappa shape index (κ2) is 21.9. The van der Waals surface area contributed by atoms with Crippen molar-refractivity contribution in [2.24, 2.45) is 28.1 Å². The maximum atomic E-state index is 13.4. The summed E-state index contributed by atoms with van der Waals surface area (Å²) < 4.78 is 0. The number of carbonyl (C=O) groups is 8. The molecule has 2 aliphatic rings. The largest absolute Gasteiger partial charge is 0.480 e. The van der Waals surface area contributed by atoms with Crippen LogP contribution in [0.2, 0.25) is 0 Å². The molecule has 0 aliphatic carbocycles. The third kappa shape index (κ3) is 14.3. The molecule has 52 heavy (non-hydrogen) atoms. The number of nitrogens with two attached hydrogens (primary N) is 3. The molecule has 2 unspecified atom stereocenters. The monoisotopic (exact) mass is 775 g/mol. The lowest BCUT2D eigenvalue weighted by molar-refractivity contribution is -0.142. The van der Waals surface area contributed by atoms with Crippen molar-refractivity contribution in [3.63, 3.8) is 0 Å². The Morgan fingerprint density at radius 3 is 2.19 bits per heavy atom. The summed E-state index contributed by atoms with van der Waals surface area (Å²) in [5.41, 5.74) is 16.9. The van der Waals surface area contributed by atoms with E-state index in [9.17, 15) is 48.6 Å². The molecule has 2 heterocycles. The molecule has 6 atom stereocenters. The van der Waals surface area contributed by atoms with Gasteiger partial charge in [0.05, 0.1) is 25.7 Å². The number of nitrogens with one attached hydrogen (secondary N) is 6. The molecule has 7 amide bonds. The molecule has 0 spiro atoms. The van der Waals surface area contributed by atoms with E-state index in [1.165, 1.54) is 4.90 Å². The fourth-order valence-corrected chi connectivity index (χ4v) is 7.33. The van der Waals surface area contributed by atoms with Crippen molar-refractivity contribution in [1.29, 1.82) is 0 Å². The topological polar surface area (TPSA) is 343 Å². The lowest BCUT2D eigenvalue weighted by atomic mass is 10.0. The highest BCUT2D eigenvalue weighted by Crippen LogP contribution is 2.25. The van der Waals surface area contributed by atoms with Crippen LogP contribution in [0.1, 0.15) is 39.5 Å². The first-order chi connectivity index (χ1) is 24.5. The molecule has 23 heteroatoms. The second-order valence-electron chi connectivity index (χ2n) is 12.3. The number of carboxylic acids is 1. The van der Waals surface area contributed by atoms with Gasteiger partial charge in [-0.3, -0.25) is 38.6 Å². The first-order valence-electron chi connectivity index (χ1n) is 16.5. The van der Waals surface area contributed by atoms with Crippen molar-refractivity contribution in [1.82, 2.24) is 36.8 Å². The minimum Gasteiger partial charge on any atom is -0.480 e. The van der Waals surface area contributed by atoms with Crippen LogP contribution >= 0.6 is 21.6 Å². The number of carbonyl (C=O) groups excluding carboxylic acids is 7. The zero-order chi connectivity index (χ0) is 39.0. The Bertz CT molecular complexity index is 1350. The molecule has 2 rings (SSSR count). The van der Waals surface area contributed by atoms with Crippen LogP contribution < -0.4 is 49.1 Å². The maximum absolute atomic E-state index is 13.4. The fourth-order valence-electron chi connectivity index (χ4n) is 5.06. The molecule has 0 aromatic rings. The Kier molecular flexibility index (Phi) is 18.4. The Balaban J connectivity index is 2.30. The summed E-state index contributed by atoms with van der Waals surface area (Å²) in [5.74, 6) is -7.54. The molecule has 0 radical (unpaired) electrons. The number of hydrogen-bond acceptors (Lipinski definition) is 13. The SMILES string of the molecule is CC(C)C1NC(=O)[C@H](CO)NC(=O)CNC(=O)CNC(=O)[C@H](CCCN=C(N)N)NC(=O)[C@@H]2CCCN2C(=O)[C@@H](N)CSSCC(C(=O)O)NC1=O. The summed E-state index contributed by atoms with van der Waals surface area (Å²) in [6, 6.07) is -7.36. The molecule has 292 valence electrons. The van der Waals surface area contributed by atoms with Gasteiger partial charge in [-0.05, 0) is 31.6 Å². The number of aliphatic hydroxyl groups excluding tert-OH is 1. The van der Waals surface area contributed by atoms with Crippen LogP contribution in [-0.4, -0.2) is 149 Å². The molecule has 14 N–H and O–H groups in total. The van der Waals surface area contributed by atoms with Gasteiger partial charge < -0.3 is 64.2 Å². The summed E-state index contributed by atoms with van der Waals surface area (Å²) in [4.78, 5) is 108. The first kappa shape index (κ1) is 43.8. The van der Waals surface area contributed by atoms with Gasteiger partial charge in [0.2, 0.25) is 41.4 Å². The molecule has 0 bridgehead atoms. The summed E-state index contributed by atoms with van der Waals surface area (Å²) in [6.45, 7) is 1.42. The zero-order valence-electron chi connectivity index (χ0n) is 28.9. The van der Waals surface area contributed by atoms with Crippen LogP contribution in [0.5, 0.6) is 0 Å². The van der Waals surface area contributed by atoms with Crippen LogP contribution in [0.4, 0.5) is 0 Å². The van der Waals surface area contributed by atoms with E-state index in [4.69, 9.17) is 17.2 Å². The number of hydrogen-bond donors (Lipinski definition) is 11. The summed E-state index contributed by atoms with van der Waals surface area (Å²) in [6.07, 6.45) is 1.12. The van der Waals surface area contributed by atoms with Gasteiger partial charge in [-0.1, -0.05) is 35.4 Å². The predicted molar refractivity (Wildman–Crippen MR) is 191 cm³/mol. The number of nitrogens with zero attached hydrogens (tertiary/aromatic N) is 2. The van der Waals surface area contributed by atoms with Crippen LogP contribution in [0.25, 0.3) is 0 Å². The Morgan fingerprint density at radius 2 is 1.56 bits per heavy atom. The van der Waals surface area contributed by atoms with Crippen molar-refractivity contribution in [3.05, 3.63) is 0 Å². The average Bonchev–Trinajstić information content (AvgIpc) is 3.59. The van der Waals surface area contributed by atoms with Gasteiger partial charge in [0, 0.05) is 24.6 Å². The van der Waals surface area contributed by atoms with E-state index in [-0.39, 0.29) is 43.4 Å². The van der Waals surface area contributed by atoms with E-state index < -0.39 is 109 Å². The van der Waals surface area contributed by atoms with Crippen molar-refractivity contribution < 1.29 is 48.6 Å². The Hall–Kier alpha value is -4.35. The van der Waals surface area contributed by atoms with Crippen molar-refractivity contribution in [2.45, 2.75) is 75.8 Å². The number of fused-ring (bicyclic) bond motifs is 1. The molecule has 2 saturated heterocycles. The highest BCUT2D eigenvalue weighted by molar-refractivity contribution is 8.76. The van der Waals surface area contributed by atoms with E-state index in [1.54, 1.807) is 13.8 Å². The van der Waals surface area contributed by atoms with Gasteiger partial charge in [0.25, 0.3) is 0 Å². The third-order valence-corrected chi connectivity index (χ3v) is 10.3.